The Bertz CT molecular complexity index is 796. The minimum Gasteiger partial charge on any atom is -0.294 e. The summed E-state index contributed by atoms with van der Waals surface area (Å²) in [6.45, 7) is 2.01. The molecule has 0 N–H and O–H groups in total. The Balaban J connectivity index is 2.36. The molecule has 2 nitrogen and oxygen atoms in total. The van der Waals surface area contributed by atoms with E-state index in [2.05, 4.69) is 20.9 Å². The fourth-order valence-electron chi connectivity index (χ4n) is 2.25. The summed E-state index contributed by atoms with van der Waals surface area (Å²) in [5, 5.41) is 0.690. The van der Waals surface area contributed by atoms with Crippen molar-refractivity contribution in [2.45, 2.75) is 12.8 Å². The van der Waals surface area contributed by atoms with Crippen molar-refractivity contribution < 1.29 is 0 Å². The van der Waals surface area contributed by atoms with E-state index in [0.29, 0.717) is 10.9 Å². The van der Waals surface area contributed by atoms with E-state index in [1.165, 1.54) is 0 Å². The Labute approximate surface area is 135 Å². The van der Waals surface area contributed by atoms with Gasteiger partial charge in [-0.15, -0.1) is 11.6 Å². The first-order chi connectivity index (χ1) is 9.60. The normalized spacial score (nSPS) is 11.2. The van der Waals surface area contributed by atoms with Gasteiger partial charge in [0.25, 0.3) is 0 Å². The minimum absolute atomic E-state index is 0.330. The van der Waals surface area contributed by atoms with Gasteiger partial charge in [0.15, 0.2) is 0 Å². The third kappa shape index (κ3) is 2.34. The van der Waals surface area contributed by atoms with Crippen LogP contribution in [0.25, 0.3) is 16.7 Å². The molecule has 20 heavy (non-hydrogen) atoms. The average molecular weight is 370 g/mol. The zero-order chi connectivity index (χ0) is 14.3. The molecule has 0 spiro atoms. The molecule has 0 radical (unpaired) electrons. The van der Waals surface area contributed by atoms with Crippen molar-refractivity contribution in [2.24, 2.45) is 0 Å². The van der Waals surface area contributed by atoms with Gasteiger partial charge in [-0.05, 0) is 42.8 Å². The monoisotopic (exact) mass is 368 g/mol. The van der Waals surface area contributed by atoms with Crippen LogP contribution in [0.3, 0.4) is 0 Å². The number of rotatable bonds is 2. The van der Waals surface area contributed by atoms with Crippen molar-refractivity contribution in [3.63, 3.8) is 0 Å². The van der Waals surface area contributed by atoms with Crippen LogP contribution in [0.5, 0.6) is 0 Å². The maximum atomic E-state index is 6.39. The van der Waals surface area contributed by atoms with Gasteiger partial charge in [0.1, 0.15) is 5.82 Å². The summed E-state index contributed by atoms with van der Waals surface area (Å²) in [6.07, 6.45) is 0. The molecule has 0 saturated heterocycles. The number of imidazole rings is 1. The maximum absolute atomic E-state index is 6.39. The number of alkyl halides is 1. The quantitative estimate of drug-likeness (QED) is 0.546. The molecule has 0 aliphatic rings. The zero-order valence-corrected chi connectivity index (χ0v) is 13.8. The van der Waals surface area contributed by atoms with Gasteiger partial charge in [-0.2, -0.15) is 0 Å². The van der Waals surface area contributed by atoms with E-state index in [4.69, 9.17) is 23.2 Å². The number of fused-ring (bicyclic) bond motifs is 1. The van der Waals surface area contributed by atoms with Gasteiger partial charge in [-0.3, -0.25) is 4.57 Å². The molecule has 0 saturated carbocycles. The highest BCUT2D eigenvalue weighted by Gasteiger charge is 2.14. The van der Waals surface area contributed by atoms with E-state index < -0.39 is 0 Å². The van der Waals surface area contributed by atoms with E-state index in [1.54, 1.807) is 0 Å². The molecule has 3 aromatic rings. The van der Waals surface area contributed by atoms with Gasteiger partial charge >= 0.3 is 0 Å². The first kappa shape index (κ1) is 13.9. The molecule has 0 fully saturated rings. The summed E-state index contributed by atoms with van der Waals surface area (Å²) in [4.78, 5) is 4.56. The van der Waals surface area contributed by atoms with E-state index in [9.17, 15) is 0 Å². The van der Waals surface area contributed by atoms with Gasteiger partial charge in [0, 0.05) is 4.47 Å². The molecule has 0 aliphatic carbocycles. The van der Waals surface area contributed by atoms with Crippen LogP contribution in [0.4, 0.5) is 0 Å². The summed E-state index contributed by atoms with van der Waals surface area (Å²) >= 11 is 15.9. The molecule has 0 unspecified atom stereocenters. The van der Waals surface area contributed by atoms with Crippen LogP contribution in [0.15, 0.2) is 40.9 Å². The number of hydrogen-bond donors (Lipinski definition) is 0. The number of nitrogens with zero attached hydrogens (tertiary/aromatic N) is 2. The Hall–Kier alpha value is -1.03. The molecule has 1 aromatic heterocycles. The van der Waals surface area contributed by atoms with Gasteiger partial charge in [0.05, 0.1) is 27.6 Å². The van der Waals surface area contributed by atoms with Crippen molar-refractivity contribution in [1.29, 1.82) is 0 Å². The molecule has 5 heteroatoms. The second-order valence-corrected chi connectivity index (χ2v) is 6.18. The molecular formula is C15H11BrCl2N2. The Morgan fingerprint density at radius 1 is 1.20 bits per heavy atom. The molecule has 0 atom stereocenters. The average Bonchev–Trinajstić information content (AvgIpc) is 2.76. The van der Waals surface area contributed by atoms with Crippen molar-refractivity contribution in [1.82, 2.24) is 9.55 Å². The molecule has 0 bridgehead atoms. The molecule has 1 heterocycles. The van der Waals surface area contributed by atoms with Crippen molar-refractivity contribution in [2.75, 3.05) is 0 Å². The zero-order valence-electron chi connectivity index (χ0n) is 10.7. The fraction of sp³-hybridized carbons (Fsp3) is 0.133. The summed E-state index contributed by atoms with van der Waals surface area (Å²) in [5.41, 5.74) is 3.91. The number of hydrogen-bond acceptors (Lipinski definition) is 1. The molecule has 102 valence electrons. The number of aromatic nitrogens is 2. The van der Waals surface area contributed by atoms with Crippen LogP contribution < -0.4 is 0 Å². The minimum atomic E-state index is 0.330. The van der Waals surface area contributed by atoms with Crippen LogP contribution in [0.2, 0.25) is 5.02 Å². The van der Waals surface area contributed by atoms with Gasteiger partial charge in [0.2, 0.25) is 0 Å². The summed E-state index contributed by atoms with van der Waals surface area (Å²) in [6, 6.07) is 11.9. The highest BCUT2D eigenvalue weighted by atomic mass is 79.9. The van der Waals surface area contributed by atoms with Crippen LogP contribution in [0, 0.1) is 6.92 Å². The van der Waals surface area contributed by atoms with E-state index in [-0.39, 0.29) is 0 Å². The number of aryl methyl sites for hydroxylation is 1. The third-order valence-electron chi connectivity index (χ3n) is 3.15. The van der Waals surface area contributed by atoms with Crippen molar-refractivity contribution in [3.05, 3.63) is 57.3 Å². The summed E-state index contributed by atoms with van der Waals surface area (Å²) in [7, 11) is 0. The summed E-state index contributed by atoms with van der Waals surface area (Å²) in [5.74, 6) is 1.11. The summed E-state index contributed by atoms with van der Waals surface area (Å²) < 4.78 is 3.00. The molecule has 0 aliphatic heterocycles. The smallest absolute Gasteiger partial charge is 0.129 e. The lowest BCUT2D eigenvalue weighted by Gasteiger charge is -2.10. The van der Waals surface area contributed by atoms with Gasteiger partial charge in [-0.1, -0.05) is 33.6 Å². The second-order valence-electron chi connectivity index (χ2n) is 4.58. The van der Waals surface area contributed by atoms with Crippen molar-refractivity contribution in [3.8, 4) is 5.69 Å². The predicted molar refractivity (Wildman–Crippen MR) is 88.1 cm³/mol. The number of halogens is 3. The van der Waals surface area contributed by atoms with Crippen molar-refractivity contribution >= 4 is 50.2 Å². The third-order valence-corrected chi connectivity index (χ3v) is 4.18. The van der Waals surface area contributed by atoms with Gasteiger partial charge in [-0.25, -0.2) is 4.98 Å². The highest BCUT2D eigenvalue weighted by Crippen LogP contribution is 2.29. The second kappa shape index (κ2) is 5.40. The number of benzene rings is 2. The van der Waals surface area contributed by atoms with Crippen LogP contribution in [-0.2, 0) is 5.88 Å². The molecule has 2 aromatic carbocycles. The lowest BCUT2D eigenvalue weighted by Crippen LogP contribution is -2.00. The van der Waals surface area contributed by atoms with E-state index in [1.807, 2.05) is 47.9 Å². The fourth-order valence-corrected chi connectivity index (χ4v) is 3.10. The maximum Gasteiger partial charge on any atom is 0.129 e. The lowest BCUT2D eigenvalue weighted by molar-refractivity contribution is 0.981. The van der Waals surface area contributed by atoms with E-state index >= 15 is 0 Å². The van der Waals surface area contributed by atoms with Gasteiger partial charge < -0.3 is 0 Å². The first-order valence-corrected chi connectivity index (χ1v) is 7.80. The highest BCUT2D eigenvalue weighted by molar-refractivity contribution is 9.10. The van der Waals surface area contributed by atoms with Crippen LogP contribution >= 0.6 is 39.1 Å². The van der Waals surface area contributed by atoms with E-state index in [0.717, 1.165) is 32.6 Å². The standard InChI is InChI=1S/C15H11BrCl2N2/c1-9-2-5-13(11(18)6-9)20-14-7-10(16)3-4-12(14)19-15(20)8-17/h2-7H,8H2,1H3. The Morgan fingerprint density at radius 2 is 2.00 bits per heavy atom. The van der Waals surface area contributed by atoms with Crippen LogP contribution in [0.1, 0.15) is 11.4 Å². The Kier molecular flexibility index (Phi) is 3.76. The van der Waals surface area contributed by atoms with Crippen LogP contribution in [-0.4, -0.2) is 9.55 Å². The molecule has 0 amide bonds. The Morgan fingerprint density at radius 3 is 2.70 bits per heavy atom. The predicted octanol–water partition coefficient (Wildman–Crippen LogP) is 5.49. The topological polar surface area (TPSA) is 17.8 Å². The SMILES string of the molecule is Cc1ccc(-n2c(CCl)nc3ccc(Br)cc32)c(Cl)c1. The largest absolute Gasteiger partial charge is 0.294 e. The molecule has 3 rings (SSSR count). The molecular weight excluding hydrogens is 359 g/mol. The lowest BCUT2D eigenvalue weighted by atomic mass is 10.2. The first-order valence-electron chi connectivity index (χ1n) is 6.09.